The summed E-state index contributed by atoms with van der Waals surface area (Å²) in [5, 5.41) is 3.41. The van der Waals surface area contributed by atoms with Crippen LogP contribution < -0.4 is 9.62 Å². The van der Waals surface area contributed by atoms with E-state index in [0.29, 0.717) is 27.4 Å². The predicted molar refractivity (Wildman–Crippen MR) is 166 cm³/mol. The van der Waals surface area contributed by atoms with Crippen LogP contribution in [-0.4, -0.2) is 43.8 Å². The Morgan fingerprint density at radius 3 is 2.18 bits per heavy atom. The zero-order valence-electron chi connectivity index (χ0n) is 24.7. The highest BCUT2D eigenvalue weighted by molar-refractivity contribution is 7.92. The maximum Gasteiger partial charge on any atom is 0.416 e. The van der Waals surface area contributed by atoms with Gasteiger partial charge in [-0.15, -0.1) is 0 Å². The molecule has 0 bridgehead atoms. The van der Waals surface area contributed by atoms with Crippen molar-refractivity contribution in [3.8, 4) is 0 Å². The fourth-order valence-electron chi connectivity index (χ4n) is 4.40. The molecule has 0 aliphatic carbocycles. The summed E-state index contributed by atoms with van der Waals surface area (Å²) < 4.78 is 69.5. The number of carbonyl (C=O) groups excluding carboxylic acids is 2. The highest BCUT2D eigenvalue weighted by atomic mass is 35.5. The maximum atomic E-state index is 14.1. The molecule has 0 fully saturated rings. The van der Waals surface area contributed by atoms with Crippen molar-refractivity contribution in [2.75, 3.05) is 10.8 Å². The quantitative estimate of drug-likeness (QED) is 0.220. The molecule has 2 amide bonds. The van der Waals surface area contributed by atoms with Crippen molar-refractivity contribution in [1.82, 2.24) is 10.2 Å². The third-order valence-corrected chi connectivity index (χ3v) is 9.47. The van der Waals surface area contributed by atoms with E-state index in [9.17, 15) is 31.2 Å². The van der Waals surface area contributed by atoms with E-state index >= 15 is 0 Å². The monoisotopic (exact) mass is 671 g/mol. The minimum Gasteiger partial charge on any atom is -0.352 e. The second-order valence-corrected chi connectivity index (χ2v) is 13.1. The van der Waals surface area contributed by atoms with Crippen LogP contribution in [0.1, 0.15) is 50.3 Å². The van der Waals surface area contributed by atoms with Crippen molar-refractivity contribution in [3.05, 3.63) is 93.5 Å². The lowest BCUT2D eigenvalue weighted by Gasteiger charge is -2.34. The number of hydrogen-bond acceptors (Lipinski definition) is 4. The number of benzene rings is 3. The molecule has 0 radical (unpaired) electrons. The summed E-state index contributed by atoms with van der Waals surface area (Å²) in [6.45, 7) is 6.04. The molecule has 0 heterocycles. The molecule has 0 aliphatic heterocycles. The van der Waals surface area contributed by atoms with Crippen LogP contribution in [0.3, 0.4) is 0 Å². The summed E-state index contributed by atoms with van der Waals surface area (Å²) in [4.78, 5) is 28.5. The first-order valence-corrected chi connectivity index (χ1v) is 16.1. The van der Waals surface area contributed by atoms with Gasteiger partial charge in [0.05, 0.1) is 16.1 Å². The minimum atomic E-state index is -4.77. The smallest absolute Gasteiger partial charge is 0.352 e. The molecular formula is C31H34Cl2F3N3O4S. The fraction of sp³-hybridized carbons (Fsp3) is 0.355. The number of halogens is 5. The van der Waals surface area contributed by atoms with Crippen LogP contribution in [0.2, 0.25) is 10.0 Å². The van der Waals surface area contributed by atoms with E-state index in [4.69, 9.17) is 23.2 Å². The first kappa shape index (κ1) is 35.2. The molecule has 0 aliphatic rings. The molecule has 1 N–H and O–H groups in total. The van der Waals surface area contributed by atoms with Gasteiger partial charge < -0.3 is 10.2 Å². The lowest BCUT2D eigenvalue weighted by Crippen LogP contribution is -2.53. The van der Waals surface area contributed by atoms with Crippen molar-refractivity contribution in [3.63, 3.8) is 0 Å². The fourth-order valence-corrected chi connectivity index (χ4v) is 6.27. The first-order valence-electron chi connectivity index (χ1n) is 13.9. The molecule has 0 unspecified atom stereocenters. The standard InChI is InChI=1S/C31H34Cl2F3N3O4S/c1-5-21(4)37-30(41)28(6-2)38(18-22-12-13-24(32)17-27(22)33)29(40)19-39(25-9-7-8-23(16-25)31(34,35)36)44(42,43)26-14-10-20(3)11-15-26/h7-17,21,28H,5-6,18-19H2,1-4H3,(H,37,41)/t21-,28+/m0/s1. The second-order valence-electron chi connectivity index (χ2n) is 10.4. The van der Waals surface area contributed by atoms with Crippen LogP contribution in [0.15, 0.2) is 71.6 Å². The van der Waals surface area contributed by atoms with Crippen LogP contribution in [0.25, 0.3) is 0 Å². The number of sulfonamides is 1. The third-order valence-electron chi connectivity index (χ3n) is 7.09. The van der Waals surface area contributed by atoms with Gasteiger partial charge in [0.1, 0.15) is 12.6 Å². The lowest BCUT2D eigenvalue weighted by atomic mass is 10.1. The Hall–Kier alpha value is -3.28. The lowest BCUT2D eigenvalue weighted by molar-refractivity contribution is -0.140. The van der Waals surface area contributed by atoms with E-state index in [1.54, 1.807) is 45.0 Å². The van der Waals surface area contributed by atoms with E-state index in [1.807, 2.05) is 6.92 Å². The summed E-state index contributed by atoms with van der Waals surface area (Å²) in [5.41, 5.74) is -0.257. The van der Waals surface area contributed by atoms with Gasteiger partial charge in [-0.3, -0.25) is 13.9 Å². The van der Waals surface area contributed by atoms with E-state index < -0.39 is 46.2 Å². The van der Waals surface area contributed by atoms with Crippen molar-refractivity contribution >= 4 is 50.7 Å². The number of alkyl halides is 3. The van der Waals surface area contributed by atoms with Gasteiger partial charge in [0.15, 0.2) is 0 Å². The third kappa shape index (κ3) is 8.67. The molecule has 3 aromatic carbocycles. The molecule has 13 heteroatoms. The molecule has 0 saturated carbocycles. The Balaban J connectivity index is 2.14. The normalized spacial score (nSPS) is 13.2. The number of hydrogen-bond donors (Lipinski definition) is 1. The van der Waals surface area contributed by atoms with Crippen LogP contribution in [0.4, 0.5) is 18.9 Å². The van der Waals surface area contributed by atoms with E-state index in [2.05, 4.69) is 5.32 Å². The van der Waals surface area contributed by atoms with Gasteiger partial charge in [-0.2, -0.15) is 13.2 Å². The van der Waals surface area contributed by atoms with Gasteiger partial charge in [0.2, 0.25) is 11.8 Å². The molecular weight excluding hydrogens is 638 g/mol. The predicted octanol–water partition coefficient (Wildman–Crippen LogP) is 7.24. The Labute approximate surface area is 266 Å². The van der Waals surface area contributed by atoms with Gasteiger partial charge >= 0.3 is 6.18 Å². The summed E-state index contributed by atoms with van der Waals surface area (Å²) in [7, 11) is -4.55. The number of aryl methyl sites for hydroxylation is 1. The van der Waals surface area contributed by atoms with Crippen molar-refractivity contribution in [2.24, 2.45) is 0 Å². The number of amides is 2. The van der Waals surface area contributed by atoms with E-state index in [-0.39, 0.29) is 34.6 Å². The zero-order chi connectivity index (χ0) is 32.8. The number of nitrogens with zero attached hydrogens (tertiary/aromatic N) is 2. The molecule has 0 spiro atoms. The topological polar surface area (TPSA) is 86.8 Å². The van der Waals surface area contributed by atoms with Gasteiger partial charge in [-0.25, -0.2) is 8.42 Å². The Morgan fingerprint density at radius 2 is 1.61 bits per heavy atom. The van der Waals surface area contributed by atoms with Crippen molar-refractivity contribution in [2.45, 2.75) is 70.2 Å². The highest BCUT2D eigenvalue weighted by Crippen LogP contribution is 2.34. The summed E-state index contributed by atoms with van der Waals surface area (Å²) in [6, 6.07) is 12.8. The first-order chi connectivity index (χ1) is 20.6. The average molecular weight is 673 g/mol. The zero-order valence-corrected chi connectivity index (χ0v) is 27.0. The number of carbonyl (C=O) groups is 2. The van der Waals surface area contributed by atoms with Crippen LogP contribution in [0, 0.1) is 6.92 Å². The van der Waals surface area contributed by atoms with Gasteiger partial charge in [0.25, 0.3) is 10.0 Å². The number of anilines is 1. The highest BCUT2D eigenvalue weighted by Gasteiger charge is 2.36. The molecule has 238 valence electrons. The molecule has 3 rings (SSSR count). The molecule has 44 heavy (non-hydrogen) atoms. The van der Waals surface area contributed by atoms with Gasteiger partial charge in [-0.05, 0) is 74.7 Å². The van der Waals surface area contributed by atoms with Gasteiger partial charge in [0, 0.05) is 22.6 Å². The SMILES string of the molecule is CC[C@H](C(=O)N[C@@H](C)CC)N(Cc1ccc(Cl)cc1Cl)C(=O)CN(c1cccc(C(F)(F)F)c1)S(=O)(=O)c1ccc(C)cc1. The van der Waals surface area contributed by atoms with E-state index in [0.717, 1.165) is 17.7 Å². The van der Waals surface area contributed by atoms with Crippen LogP contribution >= 0.6 is 23.2 Å². The van der Waals surface area contributed by atoms with Crippen molar-refractivity contribution < 1.29 is 31.2 Å². The van der Waals surface area contributed by atoms with Crippen molar-refractivity contribution in [1.29, 1.82) is 0 Å². The van der Waals surface area contributed by atoms with Crippen LogP contribution in [-0.2, 0) is 32.3 Å². The molecule has 2 atom stereocenters. The Morgan fingerprint density at radius 1 is 0.955 bits per heavy atom. The molecule has 0 aromatic heterocycles. The minimum absolute atomic E-state index is 0.160. The van der Waals surface area contributed by atoms with Gasteiger partial charge in [-0.1, -0.05) is 66.9 Å². The number of rotatable bonds is 12. The summed E-state index contributed by atoms with van der Waals surface area (Å²) in [6.07, 6.45) is -3.98. The van der Waals surface area contributed by atoms with Crippen LogP contribution in [0.5, 0.6) is 0 Å². The molecule has 3 aromatic rings. The second kappa shape index (κ2) is 14.7. The number of nitrogens with one attached hydrogen (secondary N) is 1. The molecule has 0 saturated heterocycles. The average Bonchev–Trinajstić information content (AvgIpc) is 2.96. The largest absolute Gasteiger partial charge is 0.416 e. The Kier molecular flexibility index (Phi) is 11.7. The Bertz CT molecular complexity index is 1580. The summed E-state index contributed by atoms with van der Waals surface area (Å²) >= 11 is 12.5. The molecule has 7 nitrogen and oxygen atoms in total. The summed E-state index contributed by atoms with van der Waals surface area (Å²) in [5.74, 6) is -1.29. The maximum absolute atomic E-state index is 14.1. The van der Waals surface area contributed by atoms with E-state index in [1.165, 1.54) is 29.2 Å².